The summed E-state index contributed by atoms with van der Waals surface area (Å²) in [4.78, 5) is 17.9. The van der Waals surface area contributed by atoms with Gasteiger partial charge in [0.05, 0.1) is 18.1 Å². The van der Waals surface area contributed by atoms with Crippen LogP contribution in [0.2, 0.25) is 0 Å². The van der Waals surface area contributed by atoms with Gasteiger partial charge in [-0.2, -0.15) is 4.31 Å². The number of carbonyl (C=O) groups is 1. The van der Waals surface area contributed by atoms with Crippen LogP contribution in [0.4, 0.5) is 0 Å². The molecule has 0 bridgehead atoms. The van der Waals surface area contributed by atoms with E-state index in [9.17, 15) is 13.2 Å². The number of sulfonamides is 1. The number of hydrogen-bond acceptors (Lipinski definition) is 6. The van der Waals surface area contributed by atoms with Gasteiger partial charge in [-0.3, -0.25) is 9.36 Å². The highest BCUT2D eigenvalue weighted by Crippen LogP contribution is 2.30. The summed E-state index contributed by atoms with van der Waals surface area (Å²) < 4.78 is 34.9. The van der Waals surface area contributed by atoms with E-state index in [0.29, 0.717) is 35.1 Å². The SMILES string of the molecule is C=CCSc1nc2ccccc2n1C(=O)/C=C/c1ccc(OC)c(S(=O)(=O)N2CCCCC2)c1. The zero-order chi connectivity index (χ0) is 24.1. The van der Waals surface area contributed by atoms with E-state index >= 15 is 0 Å². The van der Waals surface area contributed by atoms with Gasteiger partial charge in [0, 0.05) is 24.9 Å². The van der Waals surface area contributed by atoms with E-state index in [1.807, 2.05) is 24.3 Å². The lowest BCUT2D eigenvalue weighted by molar-refractivity contribution is 0.0965. The van der Waals surface area contributed by atoms with E-state index in [4.69, 9.17) is 4.74 Å². The summed E-state index contributed by atoms with van der Waals surface area (Å²) >= 11 is 1.43. The van der Waals surface area contributed by atoms with E-state index in [1.165, 1.54) is 29.3 Å². The molecule has 0 N–H and O–H groups in total. The van der Waals surface area contributed by atoms with Crippen LogP contribution in [0, 0.1) is 0 Å². The lowest BCUT2D eigenvalue weighted by Crippen LogP contribution is -2.35. The molecule has 0 unspecified atom stereocenters. The van der Waals surface area contributed by atoms with Crippen molar-refractivity contribution >= 4 is 44.8 Å². The van der Waals surface area contributed by atoms with Gasteiger partial charge in [0.1, 0.15) is 10.6 Å². The topological polar surface area (TPSA) is 81.5 Å². The Morgan fingerprint density at radius 2 is 1.94 bits per heavy atom. The van der Waals surface area contributed by atoms with Crippen molar-refractivity contribution in [2.75, 3.05) is 26.0 Å². The maximum Gasteiger partial charge on any atom is 0.257 e. The molecule has 1 saturated heterocycles. The molecule has 2 aromatic carbocycles. The van der Waals surface area contributed by atoms with Crippen molar-refractivity contribution in [3.8, 4) is 5.75 Å². The minimum atomic E-state index is -3.69. The first kappa shape index (κ1) is 24.3. The summed E-state index contributed by atoms with van der Waals surface area (Å²) in [6.45, 7) is 4.74. The zero-order valence-corrected chi connectivity index (χ0v) is 20.6. The first-order chi connectivity index (χ1) is 16.5. The van der Waals surface area contributed by atoms with Crippen molar-refractivity contribution < 1.29 is 17.9 Å². The second-order valence-electron chi connectivity index (χ2n) is 7.86. The standard InChI is InChI=1S/C25H27N3O4S2/c1-3-17-33-25-26-20-9-5-6-10-21(20)28(25)24(29)14-12-19-11-13-22(32-2)23(18-19)34(30,31)27-15-7-4-8-16-27/h3,5-6,9-14,18H,1,4,7-8,15-17H2,2H3/b14-12+. The molecule has 1 aromatic heterocycles. The molecule has 0 radical (unpaired) electrons. The van der Waals surface area contributed by atoms with Crippen LogP contribution in [0.25, 0.3) is 17.1 Å². The summed E-state index contributed by atoms with van der Waals surface area (Å²) in [6, 6.07) is 12.4. The first-order valence-corrected chi connectivity index (χ1v) is 13.5. The quantitative estimate of drug-likeness (QED) is 0.251. The van der Waals surface area contributed by atoms with Crippen LogP contribution < -0.4 is 4.74 Å². The van der Waals surface area contributed by atoms with Gasteiger partial charge in [-0.1, -0.05) is 42.5 Å². The maximum atomic E-state index is 13.3. The molecule has 4 rings (SSSR count). The fourth-order valence-corrected chi connectivity index (χ4v) is 6.39. The molecule has 178 valence electrons. The third-order valence-electron chi connectivity index (χ3n) is 5.62. The Labute approximate surface area is 204 Å². The predicted molar refractivity (Wildman–Crippen MR) is 136 cm³/mol. The number of fused-ring (bicyclic) bond motifs is 1. The predicted octanol–water partition coefficient (Wildman–Crippen LogP) is 4.85. The van der Waals surface area contributed by atoms with Crippen LogP contribution in [-0.2, 0) is 10.0 Å². The first-order valence-electron chi connectivity index (χ1n) is 11.1. The number of hydrogen-bond donors (Lipinski definition) is 0. The molecule has 0 amide bonds. The van der Waals surface area contributed by atoms with Crippen LogP contribution >= 0.6 is 11.8 Å². The Bertz CT molecular complexity index is 1340. The van der Waals surface area contributed by atoms with Gasteiger partial charge >= 0.3 is 0 Å². The summed E-state index contributed by atoms with van der Waals surface area (Å²) in [7, 11) is -2.24. The van der Waals surface area contributed by atoms with Gasteiger partial charge < -0.3 is 4.74 Å². The fourth-order valence-electron chi connectivity index (χ4n) is 3.93. The van der Waals surface area contributed by atoms with Gasteiger partial charge in [-0.25, -0.2) is 13.4 Å². The van der Waals surface area contributed by atoms with E-state index < -0.39 is 10.0 Å². The molecule has 0 saturated carbocycles. The van der Waals surface area contributed by atoms with E-state index in [1.54, 1.807) is 34.9 Å². The molecule has 1 fully saturated rings. The minimum Gasteiger partial charge on any atom is -0.495 e. The molecule has 0 atom stereocenters. The number of piperidine rings is 1. The normalized spacial score (nSPS) is 15.1. The van der Waals surface area contributed by atoms with Crippen molar-refractivity contribution in [2.24, 2.45) is 0 Å². The van der Waals surface area contributed by atoms with Crippen molar-refractivity contribution in [3.05, 3.63) is 66.8 Å². The number of para-hydroxylation sites is 2. The molecule has 1 aliphatic rings. The largest absolute Gasteiger partial charge is 0.495 e. The lowest BCUT2D eigenvalue weighted by Gasteiger charge is -2.26. The third kappa shape index (κ3) is 4.96. The van der Waals surface area contributed by atoms with Crippen LogP contribution in [0.3, 0.4) is 0 Å². The zero-order valence-electron chi connectivity index (χ0n) is 19.0. The molecular formula is C25H27N3O4S2. The summed E-state index contributed by atoms with van der Waals surface area (Å²) in [5.74, 6) is 0.644. The van der Waals surface area contributed by atoms with Gasteiger partial charge in [-0.05, 0) is 48.7 Å². The molecule has 9 heteroatoms. The average Bonchev–Trinajstić information content (AvgIpc) is 3.24. The van der Waals surface area contributed by atoms with Gasteiger partial charge in [0.15, 0.2) is 5.16 Å². The van der Waals surface area contributed by atoms with E-state index in [-0.39, 0.29) is 16.6 Å². The Balaban J connectivity index is 1.66. The van der Waals surface area contributed by atoms with Crippen molar-refractivity contribution in [1.82, 2.24) is 13.9 Å². The number of nitrogens with zero attached hydrogens (tertiary/aromatic N) is 3. The van der Waals surface area contributed by atoms with Gasteiger partial charge in [0.25, 0.3) is 5.91 Å². The highest BCUT2D eigenvalue weighted by atomic mass is 32.2. The second-order valence-corrected chi connectivity index (χ2v) is 10.8. The van der Waals surface area contributed by atoms with Crippen LogP contribution in [0.15, 0.2) is 71.2 Å². The summed E-state index contributed by atoms with van der Waals surface area (Å²) in [5, 5.41) is 0.582. The number of carbonyl (C=O) groups excluding carboxylic acids is 1. The Morgan fingerprint density at radius 3 is 2.68 bits per heavy atom. The molecule has 2 heterocycles. The number of benzene rings is 2. The van der Waals surface area contributed by atoms with Crippen molar-refractivity contribution in [1.29, 1.82) is 0 Å². The number of aromatic nitrogens is 2. The minimum absolute atomic E-state index is 0.113. The number of allylic oxidation sites excluding steroid dienone is 1. The fraction of sp³-hybridized carbons (Fsp3) is 0.280. The monoisotopic (exact) mass is 497 g/mol. The number of methoxy groups -OCH3 is 1. The van der Waals surface area contributed by atoms with Crippen LogP contribution in [0.1, 0.15) is 29.6 Å². The average molecular weight is 498 g/mol. The second kappa shape index (κ2) is 10.6. The van der Waals surface area contributed by atoms with E-state index in [0.717, 1.165) is 24.8 Å². The molecule has 0 spiro atoms. The number of ether oxygens (including phenoxy) is 1. The molecule has 3 aromatic rings. The lowest BCUT2D eigenvalue weighted by atomic mass is 10.2. The number of rotatable bonds is 8. The number of imidazole rings is 1. The van der Waals surface area contributed by atoms with Crippen molar-refractivity contribution in [3.63, 3.8) is 0 Å². The third-order valence-corrected chi connectivity index (χ3v) is 8.47. The molecular weight excluding hydrogens is 470 g/mol. The van der Waals surface area contributed by atoms with Crippen LogP contribution in [-0.4, -0.2) is 54.1 Å². The number of thioether (sulfide) groups is 1. The molecule has 1 aliphatic heterocycles. The Morgan fingerprint density at radius 1 is 1.18 bits per heavy atom. The maximum absolute atomic E-state index is 13.3. The smallest absolute Gasteiger partial charge is 0.257 e. The highest BCUT2D eigenvalue weighted by molar-refractivity contribution is 7.99. The molecule has 34 heavy (non-hydrogen) atoms. The van der Waals surface area contributed by atoms with E-state index in [2.05, 4.69) is 11.6 Å². The molecule has 0 aliphatic carbocycles. The summed E-state index contributed by atoms with van der Waals surface area (Å²) in [6.07, 6.45) is 7.54. The summed E-state index contributed by atoms with van der Waals surface area (Å²) in [5.41, 5.74) is 2.04. The highest BCUT2D eigenvalue weighted by Gasteiger charge is 2.29. The van der Waals surface area contributed by atoms with Gasteiger partial charge in [-0.15, -0.1) is 6.58 Å². The van der Waals surface area contributed by atoms with Crippen LogP contribution in [0.5, 0.6) is 5.75 Å². The Hall–Kier alpha value is -2.88. The molecule has 7 nitrogen and oxygen atoms in total. The van der Waals surface area contributed by atoms with Crippen molar-refractivity contribution in [2.45, 2.75) is 29.3 Å². The Kier molecular flexibility index (Phi) is 7.55. The van der Waals surface area contributed by atoms with Gasteiger partial charge in [0.2, 0.25) is 10.0 Å².